The monoisotopic (exact) mass is 405 g/mol. The second kappa shape index (κ2) is 8.76. The highest BCUT2D eigenvalue weighted by atomic mass is 16.5. The largest absolute Gasteiger partial charge is 0.487 e. The predicted octanol–water partition coefficient (Wildman–Crippen LogP) is 5.88. The highest BCUT2D eigenvalue weighted by molar-refractivity contribution is 6.11. The van der Waals surface area contributed by atoms with E-state index in [1.165, 1.54) is 11.3 Å². The summed E-state index contributed by atoms with van der Waals surface area (Å²) in [5.41, 5.74) is 7.24. The quantitative estimate of drug-likeness (QED) is 0.396. The molecule has 0 amide bonds. The number of aromatic nitrogens is 2. The van der Waals surface area contributed by atoms with E-state index < -0.39 is 0 Å². The number of aliphatic imine (C=N–C) groups is 1. The number of aromatic amines is 2. The summed E-state index contributed by atoms with van der Waals surface area (Å²) >= 11 is 0. The number of allylic oxidation sites excluding steroid dienone is 1. The fraction of sp³-hybridized carbons (Fsp3) is 0.0741. The van der Waals surface area contributed by atoms with Gasteiger partial charge in [0.05, 0.1) is 11.4 Å². The molecule has 4 nitrogen and oxygen atoms in total. The molecule has 0 unspecified atom stereocenters. The Morgan fingerprint density at radius 1 is 0.806 bits per heavy atom. The zero-order valence-electron chi connectivity index (χ0n) is 17.1. The van der Waals surface area contributed by atoms with Crippen LogP contribution in [0, 0.1) is 0 Å². The number of H-pyrrole nitrogens is 2. The third-order valence-electron chi connectivity index (χ3n) is 5.17. The molecule has 0 spiro atoms. The van der Waals surface area contributed by atoms with Gasteiger partial charge in [0.25, 0.3) is 0 Å². The highest BCUT2D eigenvalue weighted by Gasteiger charge is 2.18. The average Bonchev–Trinajstić information content (AvgIpc) is 3.56. The SMILES string of the molecule is C(=C1N=C(c2ccc[nH]2)C=C1OCc1ccccc1)c1ccc(Cc2ccccc2)[nH]1. The fourth-order valence-electron chi connectivity index (χ4n) is 3.61. The summed E-state index contributed by atoms with van der Waals surface area (Å²) in [4.78, 5) is 11.5. The lowest BCUT2D eigenvalue weighted by Gasteiger charge is -2.08. The van der Waals surface area contributed by atoms with Crippen molar-refractivity contribution in [3.05, 3.63) is 137 Å². The van der Waals surface area contributed by atoms with Crippen molar-refractivity contribution in [3.8, 4) is 0 Å². The maximum absolute atomic E-state index is 6.16. The minimum Gasteiger partial charge on any atom is -0.487 e. The Hall–Kier alpha value is -4.05. The minimum atomic E-state index is 0.502. The van der Waals surface area contributed by atoms with Gasteiger partial charge in [0.1, 0.15) is 18.1 Å². The maximum atomic E-state index is 6.16. The number of rotatable bonds is 7. The molecule has 2 N–H and O–H groups in total. The van der Waals surface area contributed by atoms with Gasteiger partial charge < -0.3 is 14.7 Å². The molecule has 0 radical (unpaired) electrons. The first-order valence-electron chi connectivity index (χ1n) is 10.4. The number of hydrogen-bond acceptors (Lipinski definition) is 2. The number of hydrogen-bond donors (Lipinski definition) is 2. The molecule has 0 aliphatic carbocycles. The standard InChI is InChI=1S/C27H23N3O/c1-3-8-20(9-4-1)16-22-13-14-23(29-22)17-26-27(31-19-21-10-5-2-6-11-21)18-25(30-26)24-12-7-15-28-24/h1-15,17-18,28-29H,16,19H2. The Bertz CT molecular complexity index is 1230. The third kappa shape index (κ3) is 4.59. The maximum Gasteiger partial charge on any atom is 0.147 e. The molecule has 1 aliphatic rings. The zero-order chi connectivity index (χ0) is 20.9. The van der Waals surface area contributed by atoms with E-state index >= 15 is 0 Å². The van der Waals surface area contributed by atoms with Crippen molar-refractivity contribution in [2.75, 3.05) is 0 Å². The van der Waals surface area contributed by atoms with E-state index in [9.17, 15) is 0 Å². The van der Waals surface area contributed by atoms with Crippen LogP contribution in [0.25, 0.3) is 6.08 Å². The van der Waals surface area contributed by atoms with Crippen molar-refractivity contribution in [1.29, 1.82) is 0 Å². The van der Waals surface area contributed by atoms with E-state index in [1.807, 2.05) is 54.7 Å². The van der Waals surface area contributed by atoms with E-state index in [0.29, 0.717) is 6.61 Å². The molecule has 0 fully saturated rings. The van der Waals surface area contributed by atoms with Crippen LogP contribution in [0.5, 0.6) is 0 Å². The fourth-order valence-corrected chi connectivity index (χ4v) is 3.61. The summed E-state index contributed by atoms with van der Waals surface area (Å²) in [6.07, 6.45) is 6.81. The molecule has 1 aliphatic heterocycles. The average molecular weight is 406 g/mol. The van der Waals surface area contributed by atoms with Gasteiger partial charge in [0.15, 0.2) is 0 Å². The summed E-state index contributed by atoms with van der Waals surface area (Å²) in [6.45, 7) is 0.502. The Morgan fingerprint density at radius 2 is 1.58 bits per heavy atom. The van der Waals surface area contributed by atoms with Crippen LogP contribution in [0.15, 0.2) is 114 Å². The van der Waals surface area contributed by atoms with Crippen molar-refractivity contribution < 1.29 is 4.74 Å². The van der Waals surface area contributed by atoms with Gasteiger partial charge in [-0.25, -0.2) is 4.99 Å². The lowest BCUT2D eigenvalue weighted by atomic mass is 10.1. The number of ether oxygens (including phenoxy) is 1. The molecule has 0 saturated carbocycles. The van der Waals surface area contributed by atoms with Crippen LogP contribution in [-0.2, 0) is 17.8 Å². The van der Waals surface area contributed by atoms with Crippen LogP contribution >= 0.6 is 0 Å². The Labute approximate surface area is 181 Å². The molecule has 4 heteroatoms. The van der Waals surface area contributed by atoms with Gasteiger partial charge in [0.2, 0.25) is 0 Å². The molecule has 0 bridgehead atoms. The molecular formula is C27H23N3O. The van der Waals surface area contributed by atoms with Crippen molar-refractivity contribution >= 4 is 11.8 Å². The third-order valence-corrected chi connectivity index (χ3v) is 5.17. The number of nitrogens with one attached hydrogen (secondary N) is 2. The molecular weight excluding hydrogens is 382 g/mol. The van der Waals surface area contributed by atoms with Crippen LogP contribution in [0.4, 0.5) is 0 Å². The first kappa shape index (κ1) is 18.9. The number of benzene rings is 2. The van der Waals surface area contributed by atoms with Crippen molar-refractivity contribution in [3.63, 3.8) is 0 Å². The first-order valence-corrected chi connectivity index (χ1v) is 10.4. The Balaban J connectivity index is 1.38. The zero-order valence-corrected chi connectivity index (χ0v) is 17.1. The van der Waals surface area contributed by atoms with Crippen molar-refractivity contribution in [2.45, 2.75) is 13.0 Å². The summed E-state index contributed by atoms with van der Waals surface area (Å²) in [7, 11) is 0. The van der Waals surface area contributed by atoms with E-state index in [-0.39, 0.29) is 0 Å². The van der Waals surface area contributed by atoms with Gasteiger partial charge in [-0.1, -0.05) is 60.7 Å². The molecule has 2 aromatic heterocycles. The lowest BCUT2D eigenvalue weighted by molar-refractivity contribution is 0.208. The summed E-state index contributed by atoms with van der Waals surface area (Å²) in [5, 5.41) is 0. The summed E-state index contributed by atoms with van der Waals surface area (Å²) < 4.78 is 6.16. The van der Waals surface area contributed by atoms with Crippen LogP contribution in [0.2, 0.25) is 0 Å². The molecule has 3 heterocycles. The molecule has 0 atom stereocenters. The smallest absolute Gasteiger partial charge is 0.147 e. The summed E-state index contributed by atoms with van der Waals surface area (Å²) in [6, 6.07) is 28.8. The van der Waals surface area contributed by atoms with Crippen LogP contribution in [-0.4, -0.2) is 15.7 Å². The van der Waals surface area contributed by atoms with Crippen LogP contribution < -0.4 is 0 Å². The Kier molecular flexibility index (Phi) is 5.35. The predicted molar refractivity (Wildman–Crippen MR) is 125 cm³/mol. The van der Waals surface area contributed by atoms with Crippen molar-refractivity contribution in [1.82, 2.24) is 9.97 Å². The first-order chi connectivity index (χ1) is 15.3. The lowest BCUT2D eigenvalue weighted by Crippen LogP contribution is -1.95. The second-order valence-electron chi connectivity index (χ2n) is 7.49. The van der Waals surface area contributed by atoms with E-state index in [2.05, 4.69) is 58.5 Å². The van der Waals surface area contributed by atoms with Gasteiger partial charge in [-0.05, 0) is 41.5 Å². The minimum absolute atomic E-state index is 0.502. The Morgan fingerprint density at radius 3 is 2.32 bits per heavy atom. The number of nitrogens with zero attached hydrogens (tertiary/aromatic N) is 1. The van der Waals surface area contributed by atoms with Gasteiger partial charge in [-0.15, -0.1) is 0 Å². The topological polar surface area (TPSA) is 53.2 Å². The van der Waals surface area contributed by atoms with Crippen LogP contribution in [0.1, 0.15) is 28.2 Å². The van der Waals surface area contributed by atoms with Crippen molar-refractivity contribution in [2.24, 2.45) is 4.99 Å². The molecule has 0 saturated heterocycles. The summed E-state index contributed by atoms with van der Waals surface area (Å²) in [5.74, 6) is 0.771. The van der Waals surface area contributed by atoms with Gasteiger partial charge in [0, 0.05) is 30.1 Å². The van der Waals surface area contributed by atoms with Crippen LogP contribution in [0.3, 0.4) is 0 Å². The molecule has 4 aromatic rings. The molecule has 5 rings (SSSR count). The van der Waals surface area contributed by atoms with Gasteiger partial charge in [-0.2, -0.15) is 0 Å². The highest BCUT2D eigenvalue weighted by Crippen LogP contribution is 2.26. The normalized spacial score (nSPS) is 14.5. The van der Waals surface area contributed by atoms with E-state index in [1.54, 1.807) is 0 Å². The van der Waals surface area contributed by atoms with Gasteiger partial charge >= 0.3 is 0 Å². The van der Waals surface area contributed by atoms with E-state index in [4.69, 9.17) is 9.73 Å². The molecule has 152 valence electrons. The van der Waals surface area contributed by atoms with E-state index in [0.717, 1.165) is 40.5 Å². The molecule has 2 aromatic carbocycles. The molecule has 31 heavy (non-hydrogen) atoms. The second-order valence-corrected chi connectivity index (χ2v) is 7.49. The van der Waals surface area contributed by atoms with Gasteiger partial charge in [-0.3, -0.25) is 0 Å².